The Hall–Kier alpha value is 0.220. The zero-order valence-electron chi connectivity index (χ0n) is 4.34. The molecule has 0 saturated heterocycles. The van der Waals surface area contributed by atoms with E-state index in [-0.39, 0.29) is 0 Å². The Morgan fingerprint density at radius 2 is 1.44 bits per heavy atom. The van der Waals surface area contributed by atoms with Crippen LogP contribution in [0.4, 0.5) is 0 Å². The van der Waals surface area contributed by atoms with Crippen LogP contribution < -0.4 is 10.6 Å². The Morgan fingerprint density at radius 3 is 1.67 bits per heavy atom. The molecule has 0 saturated carbocycles. The summed E-state index contributed by atoms with van der Waals surface area (Å²) in [5, 5.41) is 5.32. The standard InChI is InChI=1S/C3H6N2S4/c6-2(7)4-1-5-3(8)9/h1H2,(H2,4,6,7)(H2,5,8,9)/p-2. The molecule has 2 N–H and O–H groups in total. The van der Waals surface area contributed by atoms with Crippen LogP contribution in [0.5, 0.6) is 0 Å². The Kier molecular flexibility index (Phi) is 5.16. The topological polar surface area (TPSA) is 24.1 Å². The maximum absolute atomic E-state index is 4.53. The molecule has 2 nitrogen and oxygen atoms in total. The van der Waals surface area contributed by atoms with Crippen LogP contribution in [-0.4, -0.2) is 15.3 Å². The molecular formula is C3H4N2S4-2. The Labute approximate surface area is 75.6 Å². The third kappa shape index (κ3) is 8.22. The second kappa shape index (κ2) is 5.04. The van der Waals surface area contributed by atoms with Gasteiger partial charge in [-0.1, -0.05) is 8.64 Å². The van der Waals surface area contributed by atoms with E-state index in [1.54, 1.807) is 0 Å². The molecule has 52 valence electrons. The fourth-order valence-corrected chi connectivity index (χ4v) is 0.477. The van der Waals surface area contributed by atoms with Gasteiger partial charge in [-0.3, -0.25) is 0 Å². The fourth-order valence-electron chi connectivity index (χ4n) is 0.189. The summed E-state index contributed by atoms with van der Waals surface area (Å²) in [4.78, 5) is 0. The third-order valence-electron chi connectivity index (χ3n) is 0.465. The molecule has 0 aromatic heterocycles. The lowest BCUT2D eigenvalue weighted by Crippen LogP contribution is -2.33. The molecule has 0 radical (unpaired) electrons. The lowest BCUT2D eigenvalue weighted by molar-refractivity contribution is 0.862. The molecule has 9 heavy (non-hydrogen) atoms. The van der Waals surface area contributed by atoms with Crippen LogP contribution in [-0.2, 0) is 25.3 Å². The van der Waals surface area contributed by atoms with Crippen LogP contribution in [0.3, 0.4) is 0 Å². The first kappa shape index (κ1) is 9.22. The molecule has 0 fully saturated rings. The van der Waals surface area contributed by atoms with E-state index in [0.717, 1.165) is 0 Å². The van der Waals surface area contributed by atoms with Gasteiger partial charge in [-0.25, -0.2) is 0 Å². The van der Waals surface area contributed by atoms with Gasteiger partial charge in [0, 0.05) is 0 Å². The van der Waals surface area contributed by atoms with Crippen molar-refractivity contribution in [3.63, 3.8) is 0 Å². The van der Waals surface area contributed by atoms with Crippen molar-refractivity contribution in [3.05, 3.63) is 0 Å². The smallest absolute Gasteiger partial charge is 0.0824 e. The highest BCUT2D eigenvalue weighted by Crippen LogP contribution is 1.64. The minimum absolute atomic E-state index is 0.314. The highest BCUT2D eigenvalue weighted by Gasteiger charge is 1.74. The summed E-state index contributed by atoms with van der Waals surface area (Å²) in [6.07, 6.45) is 0. The van der Waals surface area contributed by atoms with Gasteiger partial charge >= 0.3 is 0 Å². The van der Waals surface area contributed by atoms with Crippen molar-refractivity contribution >= 4 is 58.3 Å². The molecule has 0 aliphatic rings. The maximum Gasteiger partial charge on any atom is 0.0824 e. The van der Waals surface area contributed by atoms with Gasteiger partial charge < -0.3 is 60.3 Å². The van der Waals surface area contributed by atoms with E-state index >= 15 is 0 Å². The van der Waals surface area contributed by atoms with Gasteiger partial charge in [-0.2, -0.15) is 0 Å². The predicted molar refractivity (Wildman–Crippen MR) is 51.1 cm³/mol. The predicted octanol–water partition coefficient (Wildman–Crippen LogP) is -0.213. The number of hydrogen-bond donors (Lipinski definition) is 2. The number of nitrogens with one attached hydrogen (secondary N) is 2. The Morgan fingerprint density at radius 1 is 1.11 bits per heavy atom. The van der Waals surface area contributed by atoms with Gasteiger partial charge in [0.2, 0.25) is 0 Å². The van der Waals surface area contributed by atoms with E-state index in [9.17, 15) is 0 Å². The summed E-state index contributed by atoms with van der Waals surface area (Å²) in [6.45, 7) is 0.421. The SMILES string of the molecule is S=C([S-])NCNC(=S)[S-]. The summed E-state index contributed by atoms with van der Waals surface area (Å²) < 4.78 is 0.627. The van der Waals surface area contributed by atoms with Gasteiger partial charge in [0.05, 0.1) is 6.67 Å². The monoisotopic (exact) mass is 196 g/mol. The molecule has 0 aromatic carbocycles. The minimum atomic E-state index is 0.314. The normalized spacial score (nSPS) is 8.00. The van der Waals surface area contributed by atoms with Gasteiger partial charge in [-0.05, 0) is 0 Å². The van der Waals surface area contributed by atoms with Crippen LogP contribution in [0.1, 0.15) is 0 Å². The molecule has 0 bridgehead atoms. The average Bonchev–Trinajstić information content (AvgIpc) is 1.63. The fraction of sp³-hybridized carbons (Fsp3) is 0.333. The molecular weight excluding hydrogens is 192 g/mol. The molecule has 0 unspecified atom stereocenters. The van der Waals surface area contributed by atoms with Crippen molar-refractivity contribution in [1.82, 2.24) is 10.6 Å². The van der Waals surface area contributed by atoms with Crippen LogP contribution in [0.25, 0.3) is 0 Å². The van der Waals surface area contributed by atoms with Gasteiger partial charge in [0.1, 0.15) is 0 Å². The van der Waals surface area contributed by atoms with Crippen molar-refractivity contribution in [2.45, 2.75) is 0 Å². The summed E-state index contributed by atoms with van der Waals surface area (Å²) in [7, 11) is 0. The third-order valence-corrected chi connectivity index (χ3v) is 1.04. The van der Waals surface area contributed by atoms with Gasteiger partial charge in [0.15, 0.2) is 0 Å². The molecule has 0 atom stereocenters. The molecule has 0 amide bonds. The molecule has 0 spiro atoms. The maximum atomic E-state index is 4.53. The van der Waals surface area contributed by atoms with Crippen LogP contribution in [0.2, 0.25) is 0 Å². The van der Waals surface area contributed by atoms with Crippen molar-refractivity contribution in [3.8, 4) is 0 Å². The lowest BCUT2D eigenvalue weighted by Gasteiger charge is -2.13. The minimum Gasteiger partial charge on any atom is -0.412 e. The largest absolute Gasteiger partial charge is 0.412 e. The summed E-state index contributed by atoms with van der Waals surface area (Å²) >= 11 is 18.1. The Balaban J connectivity index is 3.10. The molecule has 0 aromatic rings. The number of hydrogen-bond acceptors (Lipinski definition) is 4. The van der Waals surface area contributed by atoms with Crippen molar-refractivity contribution in [2.24, 2.45) is 0 Å². The lowest BCUT2D eigenvalue weighted by atomic mass is 11.0. The first-order chi connectivity index (χ1) is 4.13. The van der Waals surface area contributed by atoms with E-state index in [1.807, 2.05) is 0 Å². The summed E-state index contributed by atoms with van der Waals surface area (Å²) in [5.74, 6) is 0. The van der Waals surface area contributed by atoms with Crippen LogP contribution in [0.15, 0.2) is 0 Å². The van der Waals surface area contributed by atoms with Crippen molar-refractivity contribution in [2.75, 3.05) is 6.67 Å². The van der Waals surface area contributed by atoms with Gasteiger partial charge in [-0.15, -0.1) is 0 Å². The second-order valence-corrected chi connectivity index (χ2v) is 3.26. The quantitative estimate of drug-likeness (QED) is 0.360. The highest BCUT2D eigenvalue weighted by atomic mass is 32.1. The van der Waals surface area contributed by atoms with Gasteiger partial charge in [0.25, 0.3) is 0 Å². The highest BCUT2D eigenvalue weighted by molar-refractivity contribution is 8.00. The second-order valence-electron chi connectivity index (χ2n) is 1.11. The van der Waals surface area contributed by atoms with Crippen LogP contribution >= 0.6 is 24.4 Å². The summed E-state index contributed by atoms with van der Waals surface area (Å²) in [6, 6.07) is 0. The number of rotatable bonds is 2. The van der Waals surface area contributed by atoms with Crippen LogP contribution in [0, 0.1) is 0 Å². The molecule has 6 heteroatoms. The van der Waals surface area contributed by atoms with E-state index in [1.165, 1.54) is 0 Å². The molecule has 0 aliphatic carbocycles. The average molecular weight is 196 g/mol. The van der Waals surface area contributed by atoms with E-state index < -0.39 is 0 Å². The zero-order chi connectivity index (χ0) is 7.28. The van der Waals surface area contributed by atoms with E-state index in [4.69, 9.17) is 0 Å². The Bertz CT molecular complexity index is 109. The van der Waals surface area contributed by atoms with E-state index in [2.05, 4.69) is 60.3 Å². The van der Waals surface area contributed by atoms with E-state index in [0.29, 0.717) is 15.3 Å². The molecule has 0 aliphatic heterocycles. The van der Waals surface area contributed by atoms with Crippen molar-refractivity contribution in [1.29, 1.82) is 0 Å². The summed E-state index contributed by atoms with van der Waals surface area (Å²) in [5.41, 5.74) is 0. The zero-order valence-corrected chi connectivity index (χ0v) is 7.61. The van der Waals surface area contributed by atoms with Crippen molar-refractivity contribution < 1.29 is 0 Å². The molecule has 0 rings (SSSR count). The number of thiocarbonyl (C=S) groups is 2. The molecule has 0 heterocycles. The first-order valence-corrected chi connectivity index (χ1v) is 3.66. The first-order valence-electron chi connectivity index (χ1n) is 2.02.